The van der Waals surface area contributed by atoms with Gasteiger partial charge in [-0.25, -0.2) is 4.98 Å². The van der Waals surface area contributed by atoms with E-state index in [1.165, 1.54) is 6.42 Å². The Morgan fingerprint density at radius 1 is 1.06 bits per heavy atom. The highest BCUT2D eigenvalue weighted by molar-refractivity contribution is 5.93. The number of imidazole rings is 1. The van der Waals surface area contributed by atoms with Crippen LogP contribution in [0.15, 0.2) is 55.0 Å². The minimum atomic E-state index is -0.0843. The first-order valence-corrected chi connectivity index (χ1v) is 11.5. The van der Waals surface area contributed by atoms with Gasteiger partial charge in [0.1, 0.15) is 5.69 Å². The van der Waals surface area contributed by atoms with Crippen LogP contribution in [0.25, 0.3) is 16.8 Å². The van der Waals surface area contributed by atoms with E-state index in [1.807, 2.05) is 47.0 Å². The Morgan fingerprint density at radius 3 is 2.55 bits per heavy atom. The van der Waals surface area contributed by atoms with Crippen LogP contribution < -0.4 is 14.8 Å². The molecular formula is C27H33N3O3. The molecule has 2 aromatic carbocycles. The van der Waals surface area contributed by atoms with Gasteiger partial charge in [0, 0.05) is 11.7 Å². The summed E-state index contributed by atoms with van der Waals surface area (Å²) in [7, 11) is 3.25. The predicted molar refractivity (Wildman–Crippen MR) is 130 cm³/mol. The van der Waals surface area contributed by atoms with E-state index in [2.05, 4.69) is 31.1 Å². The molecule has 0 spiro atoms. The van der Waals surface area contributed by atoms with Gasteiger partial charge < -0.3 is 14.8 Å². The van der Waals surface area contributed by atoms with Crippen molar-refractivity contribution in [2.75, 3.05) is 14.2 Å². The van der Waals surface area contributed by atoms with Gasteiger partial charge in [0.15, 0.2) is 11.5 Å². The van der Waals surface area contributed by atoms with E-state index in [1.54, 1.807) is 26.7 Å². The van der Waals surface area contributed by atoms with Crippen LogP contribution >= 0.6 is 0 Å². The number of hydrogen-bond acceptors (Lipinski definition) is 4. The Morgan fingerprint density at radius 2 is 1.82 bits per heavy atom. The maximum absolute atomic E-state index is 13.2. The molecule has 1 amide bonds. The summed E-state index contributed by atoms with van der Waals surface area (Å²) in [4.78, 5) is 17.5. The fourth-order valence-corrected chi connectivity index (χ4v) is 5.24. The molecule has 1 aliphatic carbocycles. The van der Waals surface area contributed by atoms with Crippen LogP contribution in [0, 0.1) is 11.3 Å². The highest BCUT2D eigenvalue weighted by Crippen LogP contribution is 2.38. The van der Waals surface area contributed by atoms with Crippen LogP contribution in [-0.2, 0) is 0 Å². The van der Waals surface area contributed by atoms with E-state index in [-0.39, 0.29) is 17.4 Å². The quantitative estimate of drug-likeness (QED) is 0.542. The third-order valence-corrected chi connectivity index (χ3v) is 6.43. The molecule has 1 N–H and O–H groups in total. The summed E-state index contributed by atoms with van der Waals surface area (Å²) in [6.45, 7) is 6.83. The van der Waals surface area contributed by atoms with Crippen LogP contribution in [0.3, 0.4) is 0 Å². The Kier molecular flexibility index (Phi) is 6.45. The zero-order valence-electron chi connectivity index (χ0n) is 20.1. The number of hydrogen-bond donors (Lipinski definition) is 1. The molecule has 6 nitrogen and oxygen atoms in total. The van der Waals surface area contributed by atoms with E-state index in [0.29, 0.717) is 23.1 Å². The number of ether oxygens (including phenoxy) is 2. The number of carbonyl (C=O) groups excluding carboxylic acids is 1. The molecule has 4 rings (SSSR count). The highest BCUT2D eigenvalue weighted by atomic mass is 16.5. The molecule has 174 valence electrons. The average Bonchev–Trinajstić information content (AvgIpc) is 3.27. The first-order chi connectivity index (χ1) is 15.8. The number of rotatable bonds is 6. The van der Waals surface area contributed by atoms with Crippen molar-refractivity contribution in [1.82, 2.24) is 14.9 Å². The monoisotopic (exact) mass is 447 g/mol. The van der Waals surface area contributed by atoms with Crippen molar-refractivity contribution in [3.8, 4) is 28.3 Å². The summed E-state index contributed by atoms with van der Waals surface area (Å²) in [6.07, 6.45) is 6.52. The van der Waals surface area contributed by atoms with Crippen molar-refractivity contribution in [1.29, 1.82) is 0 Å². The molecule has 0 radical (unpaired) electrons. The van der Waals surface area contributed by atoms with E-state index in [9.17, 15) is 4.79 Å². The standard InChI is InChI=1S/C27H33N3O3/c1-18-11-21(15-27(2,3)14-18)29-26(31)23-16-28-17-30(23)22-8-6-7-19(12-22)20-9-10-24(32-4)25(13-20)33-5/h6-10,12-13,16-18,21H,11,14-15H2,1-5H3,(H,29,31)/t18-,21-/m1/s1. The van der Waals surface area contributed by atoms with Crippen molar-refractivity contribution in [2.24, 2.45) is 11.3 Å². The number of benzene rings is 2. The van der Waals surface area contributed by atoms with Gasteiger partial charge in [0.2, 0.25) is 0 Å². The molecule has 2 atom stereocenters. The molecule has 0 unspecified atom stereocenters. The number of methoxy groups -OCH3 is 2. The highest BCUT2D eigenvalue weighted by Gasteiger charge is 2.33. The van der Waals surface area contributed by atoms with Crippen LogP contribution in [0.4, 0.5) is 0 Å². The van der Waals surface area contributed by atoms with Crippen molar-refractivity contribution >= 4 is 5.91 Å². The molecule has 1 aromatic heterocycles. The number of carbonyl (C=O) groups is 1. The molecule has 1 fully saturated rings. The third kappa shape index (κ3) is 5.05. The minimum absolute atomic E-state index is 0.0843. The van der Waals surface area contributed by atoms with Gasteiger partial charge in [-0.3, -0.25) is 9.36 Å². The van der Waals surface area contributed by atoms with Crippen LogP contribution in [-0.4, -0.2) is 35.7 Å². The Balaban J connectivity index is 1.58. The fraction of sp³-hybridized carbons (Fsp3) is 0.407. The van der Waals surface area contributed by atoms with Gasteiger partial charge in [0.05, 0.1) is 26.7 Å². The van der Waals surface area contributed by atoms with Gasteiger partial charge in [0.25, 0.3) is 5.91 Å². The molecule has 0 aliphatic heterocycles. The molecule has 0 saturated heterocycles. The molecule has 1 aliphatic rings. The zero-order chi connectivity index (χ0) is 23.6. The first-order valence-electron chi connectivity index (χ1n) is 11.5. The van der Waals surface area contributed by atoms with Crippen LogP contribution in [0.1, 0.15) is 50.5 Å². The molecule has 6 heteroatoms. The van der Waals surface area contributed by atoms with Crippen LogP contribution in [0.5, 0.6) is 11.5 Å². The van der Waals surface area contributed by atoms with E-state index in [0.717, 1.165) is 29.7 Å². The van der Waals surface area contributed by atoms with Gasteiger partial charge in [-0.1, -0.05) is 39.0 Å². The van der Waals surface area contributed by atoms with Gasteiger partial charge >= 0.3 is 0 Å². The second-order valence-corrected chi connectivity index (χ2v) is 9.85. The summed E-state index contributed by atoms with van der Waals surface area (Å²) >= 11 is 0. The van der Waals surface area contributed by atoms with Crippen LogP contribution in [0.2, 0.25) is 0 Å². The van der Waals surface area contributed by atoms with Crippen molar-refractivity contribution in [3.63, 3.8) is 0 Å². The van der Waals surface area contributed by atoms with Crippen molar-refractivity contribution in [2.45, 2.75) is 46.1 Å². The first kappa shape index (κ1) is 22.9. The molecule has 1 saturated carbocycles. The second-order valence-electron chi connectivity index (χ2n) is 9.85. The molecule has 3 aromatic rings. The fourth-order valence-electron chi connectivity index (χ4n) is 5.24. The summed E-state index contributed by atoms with van der Waals surface area (Å²) in [5.41, 5.74) is 3.66. The van der Waals surface area contributed by atoms with Gasteiger partial charge in [-0.05, 0) is 66.0 Å². The lowest BCUT2D eigenvalue weighted by Gasteiger charge is -2.39. The summed E-state index contributed by atoms with van der Waals surface area (Å²) < 4.78 is 12.6. The summed E-state index contributed by atoms with van der Waals surface area (Å²) in [6, 6.07) is 14.1. The van der Waals surface area contributed by atoms with E-state index >= 15 is 0 Å². The largest absolute Gasteiger partial charge is 0.493 e. The predicted octanol–water partition coefficient (Wildman–Crippen LogP) is 5.50. The summed E-state index contributed by atoms with van der Waals surface area (Å²) in [5, 5.41) is 3.26. The van der Waals surface area contributed by atoms with Crippen molar-refractivity contribution in [3.05, 3.63) is 60.7 Å². The topological polar surface area (TPSA) is 65.4 Å². The molecule has 33 heavy (non-hydrogen) atoms. The van der Waals surface area contributed by atoms with E-state index in [4.69, 9.17) is 9.47 Å². The summed E-state index contributed by atoms with van der Waals surface area (Å²) in [5.74, 6) is 1.87. The Labute approximate surface area is 195 Å². The lowest BCUT2D eigenvalue weighted by molar-refractivity contribution is 0.0867. The van der Waals surface area contributed by atoms with Gasteiger partial charge in [-0.2, -0.15) is 0 Å². The normalized spacial score (nSPS) is 19.7. The smallest absolute Gasteiger partial charge is 0.270 e. The van der Waals surface area contributed by atoms with Crippen molar-refractivity contribution < 1.29 is 14.3 Å². The van der Waals surface area contributed by atoms with Gasteiger partial charge in [-0.15, -0.1) is 0 Å². The number of aromatic nitrogens is 2. The number of nitrogens with one attached hydrogen (secondary N) is 1. The second kappa shape index (κ2) is 9.30. The number of nitrogens with zero attached hydrogens (tertiary/aromatic N) is 2. The lowest BCUT2D eigenvalue weighted by atomic mass is 9.70. The molecular weight excluding hydrogens is 414 g/mol. The minimum Gasteiger partial charge on any atom is -0.493 e. The molecule has 0 bridgehead atoms. The van der Waals surface area contributed by atoms with E-state index < -0.39 is 0 Å². The SMILES string of the molecule is COc1ccc(-c2cccc(-n3cncc3C(=O)N[C@@H]3C[C@@H](C)CC(C)(C)C3)c2)cc1OC. The lowest BCUT2D eigenvalue weighted by Crippen LogP contribution is -2.43. The zero-order valence-corrected chi connectivity index (χ0v) is 20.1. The maximum atomic E-state index is 13.2. The Hall–Kier alpha value is -3.28. The molecule has 1 heterocycles. The Bertz CT molecular complexity index is 1140. The third-order valence-electron chi connectivity index (χ3n) is 6.43. The maximum Gasteiger partial charge on any atom is 0.270 e. The number of amides is 1. The average molecular weight is 448 g/mol.